The molecule has 1 atom stereocenters. The van der Waals surface area contributed by atoms with Crippen molar-refractivity contribution >= 4 is 39.9 Å². The molecule has 0 saturated heterocycles. The average Bonchev–Trinajstić information content (AvgIpc) is 3.36. The second kappa shape index (κ2) is 7.97. The number of fused-ring (bicyclic) bond motifs is 1. The zero-order valence-corrected chi connectivity index (χ0v) is 18.0. The molecule has 0 aliphatic carbocycles. The highest BCUT2D eigenvalue weighted by Crippen LogP contribution is 2.27. The van der Waals surface area contributed by atoms with E-state index in [0.29, 0.717) is 16.3 Å². The molecule has 4 rings (SSSR count). The Morgan fingerprint density at radius 1 is 1.17 bits per heavy atom. The van der Waals surface area contributed by atoms with Crippen LogP contribution < -0.4 is 5.32 Å². The summed E-state index contributed by atoms with van der Waals surface area (Å²) in [4.78, 5) is 17.9. The maximum Gasteiger partial charge on any atom is 0.253 e. The Balaban J connectivity index is 1.69. The lowest BCUT2D eigenvalue weighted by atomic mass is 10.0. The molecule has 1 aromatic carbocycles. The fourth-order valence-electron chi connectivity index (χ4n) is 3.34. The molecule has 1 amide bonds. The number of rotatable bonds is 5. The summed E-state index contributed by atoms with van der Waals surface area (Å²) in [6.07, 6.45) is 1.76. The van der Waals surface area contributed by atoms with Gasteiger partial charge in [-0.1, -0.05) is 23.7 Å². The summed E-state index contributed by atoms with van der Waals surface area (Å²) >= 11 is 7.64. The van der Waals surface area contributed by atoms with Gasteiger partial charge in [-0.25, -0.2) is 9.67 Å². The number of amides is 1. The van der Waals surface area contributed by atoms with E-state index in [-0.39, 0.29) is 18.0 Å². The number of nitrogens with zero attached hydrogens (tertiary/aromatic N) is 3. The molecule has 0 saturated carbocycles. The van der Waals surface area contributed by atoms with Gasteiger partial charge in [0.05, 0.1) is 23.5 Å². The minimum Gasteiger partial charge on any atom is -0.341 e. The first-order chi connectivity index (χ1) is 13.9. The van der Waals surface area contributed by atoms with E-state index in [4.69, 9.17) is 11.6 Å². The molecule has 0 fully saturated rings. The highest BCUT2D eigenvalue weighted by atomic mass is 35.5. The highest BCUT2D eigenvalue weighted by molar-refractivity contribution is 7.08. The molecule has 7 heteroatoms. The van der Waals surface area contributed by atoms with E-state index >= 15 is 0 Å². The number of nitrogens with one attached hydrogen (secondary N) is 1. The van der Waals surface area contributed by atoms with Crippen LogP contribution >= 0.6 is 22.9 Å². The zero-order valence-electron chi connectivity index (χ0n) is 16.4. The van der Waals surface area contributed by atoms with Crippen LogP contribution in [0.2, 0.25) is 5.02 Å². The Labute approximate surface area is 178 Å². The summed E-state index contributed by atoms with van der Waals surface area (Å²) in [6, 6.07) is 11.4. The second-order valence-corrected chi connectivity index (χ2v) is 8.45. The summed E-state index contributed by atoms with van der Waals surface area (Å²) in [6.45, 7) is 5.97. The lowest BCUT2D eigenvalue weighted by Crippen LogP contribution is -2.29. The molecule has 1 unspecified atom stereocenters. The minimum atomic E-state index is -0.264. The predicted octanol–water partition coefficient (Wildman–Crippen LogP) is 5.55. The fourth-order valence-corrected chi connectivity index (χ4v) is 4.15. The average molecular weight is 425 g/mol. The molecular weight excluding hydrogens is 404 g/mol. The molecule has 3 heterocycles. The summed E-state index contributed by atoms with van der Waals surface area (Å²) in [5.41, 5.74) is 4.03. The molecule has 0 spiro atoms. The van der Waals surface area contributed by atoms with Crippen LogP contribution in [-0.2, 0) is 0 Å². The third-order valence-corrected chi connectivity index (χ3v) is 5.80. The van der Waals surface area contributed by atoms with E-state index in [1.54, 1.807) is 17.5 Å². The molecule has 0 aliphatic rings. The number of hydrogen-bond donors (Lipinski definition) is 1. The Morgan fingerprint density at radius 3 is 2.59 bits per heavy atom. The van der Waals surface area contributed by atoms with Crippen molar-refractivity contribution in [2.24, 2.45) is 0 Å². The van der Waals surface area contributed by atoms with Gasteiger partial charge in [0, 0.05) is 16.5 Å². The number of pyridine rings is 1. The van der Waals surface area contributed by atoms with Crippen LogP contribution in [0.15, 0.2) is 53.4 Å². The van der Waals surface area contributed by atoms with Gasteiger partial charge < -0.3 is 5.32 Å². The second-order valence-electron chi connectivity index (χ2n) is 7.23. The Bertz CT molecular complexity index is 1150. The van der Waals surface area contributed by atoms with Crippen molar-refractivity contribution in [1.82, 2.24) is 20.1 Å². The third-order valence-electron chi connectivity index (χ3n) is 4.85. The van der Waals surface area contributed by atoms with E-state index in [0.717, 1.165) is 22.2 Å². The molecule has 0 aliphatic heterocycles. The van der Waals surface area contributed by atoms with Crippen molar-refractivity contribution in [3.05, 3.63) is 80.8 Å². The molecule has 3 aromatic heterocycles. The molecular formula is C22H21ClN4OS. The van der Waals surface area contributed by atoms with E-state index in [1.165, 1.54) is 0 Å². The highest BCUT2D eigenvalue weighted by Gasteiger charge is 2.21. The van der Waals surface area contributed by atoms with E-state index in [1.807, 2.05) is 58.8 Å². The van der Waals surface area contributed by atoms with Gasteiger partial charge in [-0.15, -0.1) is 0 Å². The number of benzene rings is 1. The van der Waals surface area contributed by atoms with E-state index in [2.05, 4.69) is 29.2 Å². The van der Waals surface area contributed by atoms with Gasteiger partial charge in [-0.05, 0) is 66.9 Å². The number of aromatic nitrogens is 3. The predicted molar refractivity (Wildman–Crippen MR) is 118 cm³/mol. The zero-order chi connectivity index (χ0) is 20.5. The first-order valence-electron chi connectivity index (χ1n) is 9.37. The minimum absolute atomic E-state index is 0.166. The summed E-state index contributed by atoms with van der Waals surface area (Å²) in [5.74, 6) is -0.166. The first-order valence-corrected chi connectivity index (χ1v) is 10.7. The van der Waals surface area contributed by atoms with Crippen LogP contribution in [0.25, 0.3) is 11.0 Å². The van der Waals surface area contributed by atoms with E-state index in [9.17, 15) is 4.79 Å². The normalized spacial score (nSPS) is 12.4. The Morgan fingerprint density at radius 2 is 1.93 bits per heavy atom. The standard InChI is InChI=1S/C22H21ClN4OS/c1-13(2)27-21-17(11-24-27)10-19(14(3)25-21)22(28)26-20(16-8-9-29-12-16)15-4-6-18(23)7-5-15/h4-13,20H,1-3H3,(H,26,28). The summed E-state index contributed by atoms with van der Waals surface area (Å²) in [7, 11) is 0. The molecule has 1 N–H and O–H groups in total. The maximum absolute atomic E-state index is 13.2. The van der Waals surface area contributed by atoms with Crippen LogP contribution in [0.1, 0.15) is 53.1 Å². The number of aryl methyl sites for hydroxylation is 1. The van der Waals surface area contributed by atoms with Gasteiger partial charge in [-0.2, -0.15) is 16.4 Å². The number of carbonyl (C=O) groups excluding carboxylic acids is 1. The fraction of sp³-hybridized carbons (Fsp3) is 0.227. The van der Waals surface area contributed by atoms with Crippen LogP contribution in [0.4, 0.5) is 0 Å². The maximum atomic E-state index is 13.2. The summed E-state index contributed by atoms with van der Waals surface area (Å²) < 4.78 is 1.87. The number of carbonyl (C=O) groups is 1. The van der Waals surface area contributed by atoms with Crippen molar-refractivity contribution in [2.45, 2.75) is 32.9 Å². The van der Waals surface area contributed by atoms with Crippen molar-refractivity contribution in [3.63, 3.8) is 0 Å². The molecule has 5 nitrogen and oxygen atoms in total. The van der Waals surface area contributed by atoms with Gasteiger partial charge >= 0.3 is 0 Å². The first kappa shape index (κ1) is 19.6. The lowest BCUT2D eigenvalue weighted by molar-refractivity contribution is 0.0942. The van der Waals surface area contributed by atoms with Gasteiger partial charge in [-0.3, -0.25) is 4.79 Å². The molecule has 0 radical (unpaired) electrons. The van der Waals surface area contributed by atoms with E-state index < -0.39 is 0 Å². The number of thiophene rings is 1. The third kappa shape index (κ3) is 3.91. The Kier molecular flexibility index (Phi) is 5.39. The lowest BCUT2D eigenvalue weighted by Gasteiger charge is -2.19. The van der Waals surface area contributed by atoms with Crippen molar-refractivity contribution in [1.29, 1.82) is 0 Å². The van der Waals surface area contributed by atoms with Crippen LogP contribution in [0, 0.1) is 6.92 Å². The SMILES string of the molecule is Cc1nc2c(cnn2C(C)C)cc1C(=O)NC(c1ccc(Cl)cc1)c1ccsc1. The van der Waals surface area contributed by atoms with Gasteiger partial charge in [0.25, 0.3) is 5.91 Å². The number of hydrogen-bond acceptors (Lipinski definition) is 4. The molecule has 4 aromatic rings. The monoisotopic (exact) mass is 424 g/mol. The van der Waals surface area contributed by atoms with Gasteiger partial charge in [0.1, 0.15) is 0 Å². The van der Waals surface area contributed by atoms with Crippen LogP contribution in [0.3, 0.4) is 0 Å². The molecule has 29 heavy (non-hydrogen) atoms. The molecule has 0 bridgehead atoms. The largest absolute Gasteiger partial charge is 0.341 e. The number of halogens is 1. The topological polar surface area (TPSA) is 59.8 Å². The molecule has 148 valence electrons. The Hall–Kier alpha value is -2.70. The quantitative estimate of drug-likeness (QED) is 0.456. The van der Waals surface area contributed by atoms with Crippen LogP contribution in [-0.4, -0.2) is 20.7 Å². The van der Waals surface area contributed by atoms with Crippen molar-refractivity contribution in [2.75, 3.05) is 0 Å². The van der Waals surface area contributed by atoms with Gasteiger partial charge in [0.2, 0.25) is 0 Å². The van der Waals surface area contributed by atoms with Crippen molar-refractivity contribution in [3.8, 4) is 0 Å². The summed E-state index contributed by atoms with van der Waals surface area (Å²) in [5, 5.41) is 13.1. The van der Waals surface area contributed by atoms with Gasteiger partial charge in [0.15, 0.2) is 5.65 Å². The van der Waals surface area contributed by atoms with Crippen LogP contribution in [0.5, 0.6) is 0 Å². The smallest absolute Gasteiger partial charge is 0.253 e. The van der Waals surface area contributed by atoms with Crippen molar-refractivity contribution < 1.29 is 4.79 Å².